The first-order valence-corrected chi connectivity index (χ1v) is 2.20. The molecule has 0 saturated heterocycles. The van der Waals surface area contributed by atoms with E-state index in [9.17, 15) is 0 Å². The molecule has 0 bridgehead atoms. The number of hydrogen-bond acceptors (Lipinski definition) is 2. The monoisotopic (exact) mass is 103 g/mol. The lowest BCUT2D eigenvalue weighted by Gasteiger charge is -2.07. The maximum Gasteiger partial charge on any atom is 0.159 e. The summed E-state index contributed by atoms with van der Waals surface area (Å²) in [6, 6.07) is 0. The molecule has 0 atom stereocenters. The minimum atomic E-state index is -0.139. The van der Waals surface area contributed by atoms with Crippen LogP contribution in [0.2, 0.25) is 0 Å². The van der Waals surface area contributed by atoms with Gasteiger partial charge in [-0.3, -0.25) is 0 Å². The largest absolute Gasteiger partial charge is 0.356 e. The van der Waals surface area contributed by atoms with Crippen LogP contribution in [0.1, 0.15) is 6.92 Å². The predicted molar refractivity (Wildman–Crippen MR) is 27.8 cm³/mol. The smallest absolute Gasteiger partial charge is 0.159 e. The lowest BCUT2D eigenvalue weighted by atomic mass is 10.5. The highest BCUT2D eigenvalue weighted by Crippen LogP contribution is 1.92. The maximum atomic E-state index is 4.77. The maximum absolute atomic E-state index is 4.77. The first kappa shape index (κ1) is 6.92. The lowest BCUT2D eigenvalue weighted by molar-refractivity contribution is -0.0775. The zero-order valence-electron chi connectivity index (χ0n) is 4.97. The molecule has 0 aliphatic heterocycles. The van der Waals surface area contributed by atoms with Gasteiger partial charge in [-0.2, -0.15) is 0 Å². The van der Waals surface area contributed by atoms with Gasteiger partial charge in [0.15, 0.2) is 6.29 Å². The van der Waals surface area contributed by atoms with E-state index in [2.05, 4.69) is 0 Å². The Balaban J connectivity index is 2.99. The molecule has 0 spiro atoms. The summed E-state index contributed by atoms with van der Waals surface area (Å²) in [4.78, 5) is 0. The van der Waals surface area contributed by atoms with E-state index in [4.69, 9.17) is 9.47 Å². The van der Waals surface area contributed by atoms with Crippen LogP contribution in [0.15, 0.2) is 0 Å². The minimum Gasteiger partial charge on any atom is -0.356 e. The molecule has 0 aromatic heterocycles. The molecule has 2 heteroatoms. The molecule has 7 heavy (non-hydrogen) atoms. The summed E-state index contributed by atoms with van der Waals surface area (Å²) in [7, 11) is 3.21. The minimum absolute atomic E-state index is 0.139. The zero-order chi connectivity index (χ0) is 5.70. The Morgan fingerprint density at radius 2 is 1.71 bits per heavy atom. The van der Waals surface area contributed by atoms with Gasteiger partial charge in [0.25, 0.3) is 0 Å². The molecule has 1 radical (unpaired) electrons. The van der Waals surface area contributed by atoms with E-state index in [1.165, 1.54) is 0 Å². The Morgan fingerprint density at radius 1 is 1.29 bits per heavy atom. The first-order chi connectivity index (χ1) is 3.35. The van der Waals surface area contributed by atoms with Crippen LogP contribution in [0.3, 0.4) is 0 Å². The number of ether oxygens (including phenoxy) is 2. The number of methoxy groups -OCH3 is 2. The van der Waals surface area contributed by atoms with E-state index in [0.29, 0.717) is 0 Å². The summed E-state index contributed by atoms with van der Waals surface area (Å²) < 4.78 is 9.54. The molecule has 2 nitrogen and oxygen atoms in total. The summed E-state index contributed by atoms with van der Waals surface area (Å²) in [6.07, 6.45) is 1.69. The van der Waals surface area contributed by atoms with E-state index in [0.717, 1.165) is 0 Å². The van der Waals surface area contributed by atoms with Crippen molar-refractivity contribution >= 4 is 0 Å². The van der Waals surface area contributed by atoms with E-state index in [1.54, 1.807) is 14.2 Å². The molecule has 0 fully saturated rings. The lowest BCUT2D eigenvalue weighted by Crippen LogP contribution is -2.10. The molecule has 0 heterocycles. The van der Waals surface area contributed by atoms with Crippen LogP contribution < -0.4 is 0 Å². The highest BCUT2D eigenvalue weighted by Gasteiger charge is 1.96. The van der Waals surface area contributed by atoms with Gasteiger partial charge in [-0.05, 0) is 0 Å². The van der Waals surface area contributed by atoms with Crippen molar-refractivity contribution in [1.82, 2.24) is 0 Å². The van der Waals surface area contributed by atoms with Gasteiger partial charge in [-0.25, -0.2) is 0 Å². The van der Waals surface area contributed by atoms with Crippen molar-refractivity contribution < 1.29 is 9.47 Å². The predicted octanol–water partition coefficient (Wildman–Crippen LogP) is 0.829. The van der Waals surface area contributed by atoms with Gasteiger partial charge >= 0.3 is 0 Å². The fourth-order valence-electron chi connectivity index (χ4n) is 0.368. The molecule has 0 N–H and O–H groups in total. The van der Waals surface area contributed by atoms with Crippen LogP contribution in [-0.2, 0) is 9.47 Å². The molecule has 43 valence electrons. The average molecular weight is 103 g/mol. The zero-order valence-corrected chi connectivity index (χ0v) is 4.97. The van der Waals surface area contributed by atoms with Crippen molar-refractivity contribution in [3.8, 4) is 0 Å². The standard InChI is InChI=1S/C5H11O2/c1-4-5(6-2)7-3/h4-5H,1-3H3. The van der Waals surface area contributed by atoms with Gasteiger partial charge in [0.05, 0.1) is 0 Å². The molecule has 0 saturated carbocycles. The topological polar surface area (TPSA) is 18.5 Å². The van der Waals surface area contributed by atoms with Gasteiger partial charge in [0, 0.05) is 20.6 Å². The van der Waals surface area contributed by atoms with Crippen molar-refractivity contribution in [3.63, 3.8) is 0 Å². The van der Waals surface area contributed by atoms with Crippen molar-refractivity contribution in [2.24, 2.45) is 0 Å². The van der Waals surface area contributed by atoms with Crippen molar-refractivity contribution in [1.29, 1.82) is 0 Å². The quantitative estimate of drug-likeness (QED) is 0.492. The van der Waals surface area contributed by atoms with Gasteiger partial charge in [-0.15, -0.1) is 0 Å². The molecule has 0 amide bonds. The SMILES string of the molecule is C[CH]C(OC)OC. The molecular weight excluding hydrogens is 92.1 g/mol. The summed E-state index contributed by atoms with van der Waals surface area (Å²) in [5, 5.41) is 0. The van der Waals surface area contributed by atoms with Crippen LogP contribution >= 0.6 is 0 Å². The third kappa shape index (κ3) is 2.60. The highest BCUT2D eigenvalue weighted by atomic mass is 16.7. The number of hydrogen-bond donors (Lipinski definition) is 0. The molecule has 0 aromatic carbocycles. The Kier molecular flexibility index (Phi) is 4.04. The Bertz CT molecular complexity index is 27.6. The Morgan fingerprint density at radius 3 is 1.71 bits per heavy atom. The second kappa shape index (κ2) is 4.09. The van der Waals surface area contributed by atoms with Gasteiger partial charge in [-0.1, -0.05) is 6.92 Å². The normalized spacial score (nSPS) is 10.3. The first-order valence-electron chi connectivity index (χ1n) is 2.20. The summed E-state index contributed by atoms with van der Waals surface area (Å²) in [5.41, 5.74) is 0. The number of rotatable bonds is 3. The molecule has 0 aliphatic rings. The molecule has 0 rings (SSSR count). The van der Waals surface area contributed by atoms with Crippen molar-refractivity contribution in [2.75, 3.05) is 14.2 Å². The third-order valence-corrected chi connectivity index (χ3v) is 0.737. The molecule has 0 aliphatic carbocycles. The second-order valence-corrected chi connectivity index (χ2v) is 1.17. The van der Waals surface area contributed by atoms with Crippen LogP contribution in [0.25, 0.3) is 0 Å². The fraction of sp³-hybridized carbons (Fsp3) is 0.800. The van der Waals surface area contributed by atoms with Gasteiger partial charge in [0.2, 0.25) is 0 Å². The third-order valence-electron chi connectivity index (χ3n) is 0.737. The van der Waals surface area contributed by atoms with Crippen molar-refractivity contribution in [3.05, 3.63) is 6.42 Å². The molecule has 0 aromatic rings. The average Bonchev–Trinajstić information content (AvgIpc) is 1.72. The van der Waals surface area contributed by atoms with E-state index in [1.807, 2.05) is 13.3 Å². The van der Waals surface area contributed by atoms with E-state index >= 15 is 0 Å². The summed E-state index contributed by atoms with van der Waals surface area (Å²) in [6.45, 7) is 1.89. The fourth-order valence-corrected chi connectivity index (χ4v) is 0.368. The molecule has 0 unspecified atom stereocenters. The summed E-state index contributed by atoms with van der Waals surface area (Å²) >= 11 is 0. The van der Waals surface area contributed by atoms with E-state index in [-0.39, 0.29) is 6.29 Å². The van der Waals surface area contributed by atoms with Crippen LogP contribution in [0, 0.1) is 6.42 Å². The summed E-state index contributed by atoms with van der Waals surface area (Å²) in [5.74, 6) is 0. The van der Waals surface area contributed by atoms with Crippen LogP contribution in [0.4, 0.5) is 0 Å². The van der Waals surface area contributed by atoms with Crippen LogP contribution in [-0.4, -0.2) is 20.5 Å². The van der Waals surface area contributed by atoms with Crippen LogP contribution in [0.5, 0.6) is 0 Å². The highest BCUT2D eigenvalue weighted by molar-refractivity contribution is 4.58. The van der Waals surface area contributed by atoms with Gasteiger partial charge in [0.1, 0.15) is 0 Å². The van der Waals surface area contributed by atoms with Crippen molar-refractivity contribution in [2.45, 2.75) is 13.2 Å². The molecular formula is C5H11O2. The van der Waals surface area contributed by atoms with E-state index < -0.39 is 0 Å². The second-order valence-electron chi connectivity index (χ2n) is 1.17. The Hall–Kier alpha value is -0.0800. The van der Waals surface area contributed by atoms with Gasteiger partial charge < -0.3 is 9.47 Å². The Labute approximate surface area is 44.4 Å².